The predicted octanol–water partition coefficient (Wildman–Crippen LogP) is 6.60. The molecule has 0 aliphatic heterocycles. The van der Waals surface area contributed by atoms with Crippen molar-refractivity contribution < 1.29 is 19.0 Å². The lowest BCUT2D eigenvalue weighted by atomic mass is 9.77. The molecule has 176 valence electrons. The summed E-state index contributed by atoms with van der Waals surface area (Å²) in [5.41, 5.74) is 4.42. The summed E-state index contributed by atoms with van der Waals surface area (Å²) in [6, 6.07) is 12.7. The molecule has 0 N–H and O–H groups in total. The number of halogens is 1. The Morgan fingerprint density at radius 3 is 1.88 bits per heavy atom. The van der Waals surface area contributed by atoms with Crippen molar-refractivity contribution in [1.82, 2.24) is 0 Å². The first-order valence-electron chi connectivity index (χ1n) is 11.3. The van der Waals surface area contributed by atoms with Crippen molar-refractivity contribution in [2.45, 2.75) is 66.4 Å². The van der Waals surface area contributed by atoms with Crippen molar-refractivity contribution in [2.75, 3.05) is 19.1 Å². The molecule has 0 radical (unpaired) electrons. The smallest absolute Gasteiger partial charge is 0.303 e. The van der Waals surface area contributed by atoms with Gasteiger partial charge in [-0.1, -0.05) is 58.4 Å². The van der Waals surface area contributed by atoms with Crippen LogP contribution in [-0.2, 0) is 14.9 Å². The van der Waals surface area contributed by atoms with E-state index in [1.54, 1.807) is 0 Å². The molecule has 2 aromatic rings. The van der Waals surface area contributed by atoms with Crippen LogP contribution in [0.15, 0.2) is 36.4 Å². The van der Waals surface area contributed by atoms with Crippen LogP contribution in [0.5, 0.6) is 11.5 Å². The van der Waals surface area contributed by atoms with Gasteiger partial charge in [-0.2, -0.15) is 0 Å². The van der Waals surface area contributed by atoms with Gasteiger partial charge in [0, 0.05) is 12.3 Å². The molecule has 2 rings (SSSR count). The predicted molar refractivity (Wildman–Crippen MR) is 131 cm³/mol. The van der Waals surface area contributed by atoms with Crippen molar-refractivity contribution in [3.05, 3.63) is 58.7 Å². The summed E-state index contributed by atoms with van der Waals surface area (Å²) in [7, 11) is 0. The number of benzene rings is 2. The van der Waals surface area contributed by atoms with Crippen LogP contribution >= 0.6 is 11.6 Å². The standard InChI is InChI=1S/C27H37ClO4/c1-8-18(2)16-30-25-11-9-22(13-19(25)3)27(6,7)23-10-12-26(20(4)14-23)31-17-24(15-28)32-21(5)29/h9-14,18,24H,8,15-17H2,1-7H3/t18-,24-/m0/s1. The maximum Gasteiger partial charge on any atom is 0.303 e. The van der Waals surface area contributed by atoms with Crippen LogP contribution < -0.4 is 9.47 Å². The van der Waals surface area contributed by atoms with E-state index in [1.807, 2.05) is 13.0 Å². The molecule has 32 heavy (non-hydrogen) atoms. The van der Waals surface area contributed by atoms with Gasteiger partial charge in [0.15, 0.2) is 0 Å². The van der Waals surface area contributed by atoms with Gasteiger partial charge >= 0.3 is 5.97 Å². The van der Waals surface area contributed by atoms with Crippen molar-refractivity contribution in [1.29, 1.82) is 0 Å². The molecule has 2 aromatic carbocycles. The highest BCUT2D eigenvalue weighted by Crippen LogP contribution is 2.36. The Labute approximate surface area is 198 Å². The Balaban J connectivity index is 2.15. The summed E-state index contributed by atoms with van der Waals surface area (Å²) < 4.78 is 17.0. The monoisotopic (exact) mass is 460 g/mol. The van der Waals surface area contributed by atoms with E-state index in [0.29, 0.717) is 5.92 Å². The SMILES string of the molecule is CC[C@H](C)COc1ccc(C(C)(C)c2ccc(OC[C@H](CCl)OC(C)=O)c(C)c2)cc1C. The third-order valence-corrected chi connectivity index (χ3v) is 6.29. The molecule has 0 unspecified atom stereocenters. The lowest BCUT2D eigenvalue weighted by Crippen LogP contribution is -2.26. The molecule has 0 aromatic heterocycles. The zero-order chi connectivity index (χ0) is 23.9. The maximum atomic E-state index is 11.2. The summed E-state index contributed by atoms with van der Waals surface area (Å²) in [5, 5.41) is 0. The molecule has 0 spiro atoms. The second-order valence-corrected chi connectivity index (χ2v) is 9.42. The van der Waals surface area contributed by atoms with Gasteiger partial charge in [0.25, 0.3) is 0 Å². The largest absolute Gasteiger partial charge is 0.493 e. The van der Waals surface area contributed by atoms with Gasteiger partial charge in [0.1, 0.15) is 24.2 Å². The number of carbonyl (C=O) groups is 1. The van der Waals surface area contributed by atoms with Crippen molar-refractivity contribution in [3.63, 3.8) is 0 Å². The quantitative estimate of drug-likeness (QED) is 0.280. The first-order valence-corrected chi connectivity index (χ1v) is 11.8. The van der Waals surface area contributed by atoms with Crippen molar-refractivity contribution in [2.24, 2.45) is 5.92 Å². The van der Waals surface area contributed by atoms with Crippen LogP contribution in [0.25, 0.3) is 0 Å². The van der Waals surface area contributed by atoms with E-state index in [1.165, 1.54) is 18.1 Å². The molecule has 0 aliphatic rings. The van der Waals surface area contributed by atoms with Crippen LogP contribution in [0.2, 0.25) is 0 Å². The average molecular weight is 461 g/mol. The van der Waals surface area contributed by atoms with E-state index in [9.17, 15) is 4.79 Å². The van der Waals surface area contributed by atoms with Crippen LogP contribution in [0, 0.1) is 19.8 Å². The van der Waals surface area contributed by atoms with E-state index >= 15 is 0 Å². The Morgan fingerprint density at radius 2 is 1.47 bits per heavy atom. The van der Waals surface area contributed by atoms with Crippen molar-refractivity contribution >= 4 is 17.6 Å². The molecule has 4 nitrogen and oxygen atoms in total. The fourth-order valence-electron chi connectivity index (χ4n) is 3.44. The van der Waals surface area contributed by atoms with Gasteiger partial charge in [-0.3, -0.25) is 4.79 Å². The summed E-state index contributed by atoms with van der Waals surface area (Å²) in [5.74, 6) is 2.09. The molecule has 2 atom stereocenters. The molecule has 0 aliphatic carbocycles. The van der Waals surface area contributed by atoms with Crippen LogP contribution in [0.4, 0.5) is 0 Å². The highest BCUT2D eigenvalue weighted by atomic mass is 35.5. The molecule has 5 heteroatoms. The summed E-state index contributed by atoms with van der Waals surface area (Å²) in [6.07, 6.45) is 0.646. The maximum absolute atomic E-state index is 11.2. The summed E-state index contributed by atoms with van der Waals surface area (Å²) in [4.78, 5) is 11.2. The fourth-order valence-corrected chi connectivity index (χ4v) is 3.60. The highest BCUT2D eigenvalue weighted by molar-refractivity contribution is 6.18. The third-order valence-electron chi connectivity index (χ3n) is 5.94. The van der Waals surface area contributed by atoms with E-state index in [-0.39, 0.29) is 23.9 Å². The molecular formula is C27H37ClO4. The lowest BCUT2D eigenvalue weighted by Gasteiger charge is -2.28. The molecule has 0 fully saturated rings. The topological polar surface area (TPSA) is 44.8 Å². The number of hydrogen-bond acceptors (Lipinski definition) is 4. The lowest BCUT2D eigenvalue weighted by molar-refractivity contribution is -0.146. The van der Waals surface area contributed by atoms with Gasteiger partial charge in [-0.25, -0.2) is 0 Å². The zero-order valence-electron chi connectivity index (χ0n) is 20.5. The third kappa shape index (κ3) is 6.90. The first kappa shape index (κ1) is 26.1. The highest BCUT2D eigenvalue weighted by Gasteiger charge is 2.25. The van der Waals surface area contributed by atoms with Gasteiger partial charge in [-0.05, 0) is 54.2 Å². The fraction of sp³-hybridized carbons (Fsp3) is 0.519. The number of esters is 1. The molecule has 0 saturated carbocycles. The summed E-state index contributed by atoms with van der Waals surface area (Å²) >= 11 is 5.87. The number of carbonyl (C=O) groups excluding carboxylic acids is 1. The molecule has 0 saturated heterocycles. The second kappa shape index (κ2) is 11.6. The Kier molecular flexibility index (Phi) is 9.45. The number of aryl methyl sites for hydroxylation is 2. The minimum Gasteiger partial charge on any atom is -0.493 e. The van der Waals surface area contributed by atoms with Crippen molar-refractivity contribution in [3.8, 4) is 11.5 Å². The molecule has 0 heterocycles. The summed E-state index contributed by atoms with van der Waals surface area (Å²) in [6.45, 7) is 15.3. The number of hydrogen-bond donors (Lipinski definition) is 0. The Hall–Kier alpha value is -2.20. The second-order valence-electron chi connectivity index (χ2n) is 9.11. The minimum atomic E-state index is -0.464. The van der Waals surface area contributed by atoms with E-state index in [2.05, 4.69) is 65.0 Å². The van der Waals surface area contributed by atoms with E-state index < -0.39 is 6.10 Å². The zero-order valence-corrected chi connectivity index (χ0v) is 21.2. The van der Waals surface area contributed by atoms with Gasteiger partial charge in [0.2, 0.25) is 0 Å². The number of rotatable bonds is 11. The van der Waals surface area contributed by atoms with Gasteiger partial charge < -0.3 is 14.2 Å². The van der Waals surface area contributed by atoms with Gasteiger partial charge in [0.05, 0.1) is 12.5 Å². The average Bonchev–Trinajstić information content (AvgIpc) is 2.75. The molecular weight excluding hydrogens is 424 g/mol. The molecule has 0 bridgehead atoms. The molecule has 0 amide bonds. The van der Waals surface area contributed by atoms with Crippen LogP contribution in [0.1, 0.15) is 63.3 Å². The Morgan fingerprint density at radius 1 is 0.969 bits per heavy atom. The first-order chi connectivity index (χ1) is 15.1. The van der Waals surface area contributed by atoms with E-state index in [0.717, 1.165) is 35.7 Å². The Bertz CT molecular complexity index is 907. The number of alkyl halides is 1. The van der Waals surface area contributed by atoms with Crippen LogP contribution in [-0.4, -0.2) is 31.2 Å². The number of ether oxygens (including phenoxy) is 3. The normalized spacial score (nSPS) is 13.4. The van der Waals surface area contributed by atoms with E-state index in [4.69, 9.17) is 25.8 Å². The van der Waals surface area contributed by atoms with Crippen LogP contribution in [0.3, 0.4) is 0 Å². The minimum absolute atomic E-state index is 0.181. The van der Waals surface area contributed by atoms with Gasteiger partial charge in [-0.15, -0.1) is 11.6 Å².